The Balaban J connectivity index is 1.08. The Bertz CT molecular complexity index is 5840. The van der Waals surface area contributed by atoms with Crippen molar-refractivity contribution in [2.24, 2.45) is 0 Å². The van der Waals surface area contributed by atoms with E-state index in [2.05, 4.69) is 11.0 Å². The monoisotopic (exact) mass is 1150 g/mol. The fourth-order valence-corrected chi connectivity index (χ4v) is 14.7. The Morgan fingerprint density at radius 3 is 1.24 bits per heavy atom. The van der Waals surface area contributed by atoms with Crippen molar-refractivity contribution in [3.8, 4) is 0 Å². The van der Waals surface area contributed by atoms with Gasteiger partial charge in [-0.05, 0) is 186 Å². The van der Waals surface area contributed by atoms with Gasteiger partial charge in [-0.15, -0.1) is 0 Å². The molecule has 6 aliphatic rings. The fraction of sp³-hybridized carbons (Fsp3) is 0.165. The third-order valence-electron chi connectivity index (χ3n) is 18.1. The lowest BCUT2D eigenvalue weighted by molar-refractivity contribution is 0.340. The van der Waals surface area contributed by atoms with Crippen LogP contribution >= 0.6 is 0 Å². The van der Waals surface area contributed by atoms with Crippen LogP contribution < -0.4 is 62.2 Å². The van der Waals surface area contributed by atoms with E-state index in [4.69, 9.17) is 5.48 Å². The molecule has 4 aliphatic heterocycles. The van der Waals surface area contributed by atoms with Gasteiger partial charge in [0.25, 0.3) is 13.4 Å². The first kappa shape index (κ1) is 31.1. The van der Waals surface area contributed by atoms with E-state index >= 15 is 0 Å². The van der Waals surface area contributed by atoms with Crippen LogP contribution in [0.5, 0.6) is 0 Å². The minimum atomic E-state index is -1.51. The molecule has 0 saturated heterocycles. The molecule has 0 bridgehead atoms. The van der Waals surface area contributed by atoms with Gasteiger partial charge in [0.2, 0.25) is 0 Å². The van der Waals surface area contributed by atoms with Gasteiger partial charge in [0.05, 0.1) is 42.7 Å². The highest BCUT2D eigenvalue weighted by molar-refractivity contribution is 7.03. The highest BCUT2D eigenvalue weighted by Gasteiger charge is 2.49. The van der Waals surface area contributed by atoms with Crippen molar-refractivity contribution in [2.75, 3.05) is 29.4 Å². The van der Waals surface area contributed by atoms with E-state index in [1.54, 1.807) is 41.3 Å². The Hall–Kier alpha value is -9.65. The topological polar surface area (TPSA) is 19.4 Å². The molecule has 0 spiro atoms. The molecule has 11 aromatic carbocycles. The lowest BCUT2D eigenvalue weighted by Crippen LogP contribution is -2.65. The summed E-state index contributed by atoms with van der Waals surface area (Å²) in [5.74, 6) is 0. The molecule has 2 aliphatic carbocycles. The number of nitrogens with zero attached hydrogens (tertiary/aromatic N) is 6. The first-order valence-corrected chi connectivity index (χ1v) is 29.7. The van der Waals surface area contributed by atoms with E-state index in [0.29, 0.717) is 39.4 Å². The van der Waals surface area contributed by atoms with Crippen LogP contribution in [0.15, 0.2) is 260 Å². The van der Waals surface area contributed by atoms with Crippen LogP contribution in [0.1, 0.15) is 107 Å². The maximum atomic E-state index is 10.4. The summed E-state index contributed by atoms with van der Waals surface area (Å²) in [5, 5.41) is 0. The number of fused-ring (bicyclic) bond motifs is 8. The third kappa shape index (κ3) is 8.54. The summed E-state index contributed by atoms with van der Waals surface area (Å²) in [6.07, 6.45) is 9.13. The van der Waals surface area contributed by atoms with Gasteiger partial charge in [-0.25, -0.2) is 0 Å². The van der Waals surface area contributed by atoms with Crippen LogP contribution in [0.2, 0.25) is 0 Å². The molecule has 420 valence electrons. The molecule has 0 unspecified atom stereocenters. The number of hydrogen-bond donors (Lipinski definition) is 0. The number of hydrogen-bond acceptors (Lipinski definition) is 6. The van der Waals surface area contributed by atoms with Crippen LogP contribution in [-0.4, -0.2) is 25.5 Å². The molecule has 0 radical (unpaired) electrons. The molecule has 4 heterocycles. The predicted molar refractivity (Wildman–Crippen MR) is 370 cm³/mol. The average Bonchev–Trinajstić information content (AvgIpc) is 0.675. The van der Waals surface area contributed by atoms with E-state index in [-0.39, 0.29) is 79.3 Å². The summed E-state index contributed by atoms with van der Waals surface area (Å²) in [7, 11) is 0. The molecule has 2 saturated carbocycles. The summed E-state index contributed by atoms with van der Waals surface area (Å²) in [6.45, 7) is -1.47. The maximum Gasteiger partial charge on any atom is 0.252 e. The van der Waals surface area contributed by atoms with Crippen molar-refractivity contribution < 1.29 is 37.0 Å². The van der Waals surface area contributed by atoms with Crippen LogP contribution in [0.3, 0.4) is 0 Å². The molecule has 2 fully saturated rings. The highest BCUT2D eigenvalue weighted by atomic mass is 15.2. The molecule has 17 rings (SSSR count). The van der Waals surface area contributed by atoms with Crippen molar-refractivity contribution in [2.45, 2.75) is 83.2 Å². The zero-order valence-electron chi connectivity index (χ0n) is 74.3. The first-order valence-electron chi connectivity index (χ1n) is 43.2. The van der Waals surface area contributed by atoms with Gasteiger partial charge in [0, 0.05) is 97.4 Å². The maximum absolute atomic E-state index is 10.4. The van der Waals surface area contributed by atoms with Gasteiger partial charge in [0.15, 0.2) is 0 Å². The second kappa shape index (κ2) is 21.4. The van der Waals surface area contributed by atoms with Gasteiger partial charge in [-0.2, -0.15) is 0 Å². The fourth-order valence-electron chi connectivity index (χ4n) is 14.7. The lowest BCUT2D eigenvalue weighted by Gasteiger charge is -2.48. The molecule has 11 aromatic rings. The van der Waals surface area contributed by atoms with Crippen molar-refractivity contribution in [1.82, 2.24) is 0 Å². The smallest absolute Gasteiger partial charge is 0.252 e. The molecule has 0 amide bonds. The summed E-state index contributed by atoms with van der Waals surface area (Å²) in [6, 6.07) is 8.41. The van der Waals surface area contributed by atoms with Gasteiger partial charge in [-0.1, -0.05) is 184 Å². The zero-order chi connectivity index (χ0) is 81.0. The van der Waals surface area contributed by atoms with Gasteiger partial charge in [-0.3, -0.25) is 0 Å². The minimum absolute atomic E-state index is 0.00385. The van der Waals surface area contributed by atoms with Crippen LogP contribution in [-0.2, 0) is 0 Å². The molecule has 0 N–H and O–H groups in total. The molecule has 0 atom stereocenters. The Morgan fingerprint density at radius 2 is 0.759 bits per heavy atom. The second-order valence-electron chi connectivity index (χ2n) is 22.9. The predicted octanol–water partition coefficient (Wildman–Crippen LogP) is 17.1. The van der Waals surface area contributed by atoms with Crippen molar-refractivity contribution in [1.29, 1.82) is 0 Å². The second-order valence-corrected chi connectivity index (χ2v) is 22.9. The molecule has 8 heteroatoms. The van der Waals surface area contributed by atoms with Gasteiger partial charge in [0.1, 0.15) is 0 Å². The van der Waals surface area contributed by atoms with Gasteiger partial charge < -0.3 is 29.4 Å². The van der Waals surface area contributed by atoms with E-state index in [9.17, 15) is 31.5 Å². The zero-order valence-corrected chi connectivity index (χ0v) is 47.3. The number of benzene rings is 11. The van der Waals surface area contributed by atoms with Crippen molar-refractivity contribution in [3.63, 3.8) is 0 Å². The average molecular weight is 1150 g/mol. The normalized spacial score (nSPS) is 20.0. The summed E-state index contributed by atoms with van der Waals surface area (Å²) < 4.78 is 259. The third-order valence-corrected chi connectivity index (χ3v) is 18.1. The number of anilines is 16. The highest BCUT2D eigenvalue weighted by Crippen LogP contribution is 2.52. The summed E-state index contributed by atoms with van der Waals surface area (Å²) in [4.78, 5) is 9.82. The van der Waals surface area contributed by atoms with E-state index < -0.39 is 199 Å². The van der Waals surface area contributed by atoms with E-state index in [1.807, 2.05) is 47.4 Å². The van der Waals surface area contributed by atoms with Crippen LogP contribution in [0.4, 0.5) is 91.0 Å². The number of para-hydroxylation sites is 7. The summed E-state index contributed by atoms with van der Waals surface area (Å²) in [5.41, 5.74) is 0.146. The Morgan fingerprint density at radius 1 is 0.345 bits per heavy atom. The van der Waals surface area contributed by atoms with Crippen molar-refractivity contribution in [3.05, 3.63) is 266 Å². The van der Waals surface area contributed by atoms with E-state index in [1.165, 1.54) is 24.0 Å². The van der Waals surface area contributed by atoms with Crippen molar-refractivity contribution >= 4 is 137 Å². The SMILES string of the molecule is [2H]c1c([2H])c([2H])c(N(c2cc3c4c(c2)N(c2c([2H])c([2H])c([2H])c([2H])c2[2H])c2c([2H])c([2H])c([2H])c([2H])c2B4c2cc4c(cc2N3c2ccccc2)N(c2ccccc2)c2cc(N(C3CCCCC3)C3CCCCC3)cc3c2B4c2c([2H])c([2H])c([2H])c([2H])c2N3c2c([2H])c([2H])c([2H])c([2H])c2[2H])c2c([2H])c([2H])c([2H])c(C)c2[2H])c([2H])c1[2H]. The minimum Gasteiger partial charge on any atom is -0.365 e. The van der Waals surface area contributed by atoms with E-state index in [0.717, 1.165) is 74.0 Å². The van der Waals surface area contributed by atoms with Crippen LogP contribution in [0.25, 0.3) is 0 Å². The Labute approximate surface area is 551 Å². The molecule has 6 nitrogen and oxygen atoms in total. The lowest BCUT2D eigenvalue weighted by atomic mass is 9.30. The first-order chi connectivity index (χ1) is 54.3. The van der Waals surface area contributed by atoms with Gasteiger partial charge >= 0.3 is 0 Å². The largest absolute Gasteiger partial charge is 0.365 e. The molecular weight excluding hydrogens is 1050 g/mol. The quantitative estimate of drug-likeness (QED) is 0.126. The van der Waals surface area contributed by atoms with Crippen LogP contribution in [0, 0.1) is 6.92 Å². The Kier molecular flexibility index (Phi) is 7.65. The molecule has 0 aromatic heterocycles. The summed E-state index contributed by atoms with van der Waals surface area (Å²) >= 11 is 0. The number of rotatable bonds is 10. The molecule has 87 heavy (non-hydrogen) atoms. The standard InChI is InChI=1S/C79H68B2N6/c1-55-28-27-43-63(48-55)83(58-33-13-4-14-34-58)65-51-75-79-77(52-65)87(62-41-21-8-22-42-62)73-54-72-68(53-69(73)81(79)67-45-24-26-47-71(67)85(75)60-37-17-6-18-38-60)80-66-44-23-25-46-70(66)84(59-35-15-5-16-36-59)74-49-64(50-76(78(74)80)86(72)61-39-19-7-20-40-61)82(56-29-9-2-10-30-56)57-31-11-3-12-32-57/h4-8,13-28,33-54,56-57H,2-3,9-12,29-32H2,1H3/i4D,5D,6D,13D,14D,15D,16D,17D,18D,23D,24D,25D,26D,27D,28D,33D,34D,35D,36D,37D,38D,43D,44D,45D,46D,47D,48D. The molecular formula is C79H68B2N6.